The van der Waals surface area contributed by atoms with E-state index in [-0.39, 0.29) is 7.43 Å². The molecule has 7 heteroatoms. The van der Waals surface area contributed by atoms with Gasteiger partial charge in [-0.05, 0) is 37.6 Å². The molecule has 25 heavy (non-hydrogen) atoms. The van der Waals surface area contributed by atoms with Crippen LogP contribution in [0.3, 0.4) is 0 Å². The van der Waals surface area contributed by atoms with Gasteiger partial charge >= 0.3 is 0 Å². The van der Waals surface area contributed by atoms with Crippen LogP contribution in [-0.4, -0.2) is 39.3 Å². The van der Waals surface area contributed by atoms with E-state index in [9.17, 15) is 14.7 Å². The van der Waals surface area contributed by atoms with E-state index in [4.69, 9.17) is 5.21 Å². The molecule has 0 saturated heterocycles. The van der Waals surface area contributed by atoms with Crippen LogP contribution in [-0.2, 0) is 4.79 Å². The maximum atomic E-state index is 12.2. The zero-order chi connectivity index (χ0) is 17.7. The lowest BCUT2D eigenvalue weighted by Crippen LogP contribution is -2.51. The maximum absolute atomic E-state index is 12.2. The summed E-state index contributed by atoms with van der Waals surface area (Å²) in [6.07, 6.45) is 0.605. The van der Waals surface area contributed by atoms with Gasteiger partial charge in [0.2, 0.25) is 0 Å². The van der Waals surface area contributed by atoms with Crippen molar-refractivity contribution in [3.63, 3.8) is 0 Å². The Morgan fingerprint density at radius 2 is 1.76 bits per heavy atom. The molecule has 0 fully saturated rings. The molecule has 0 spiro atoms. The van der Waals surface area contributed by atoms with Gasteiger partial charge < -0.3 is 10.4 Å². The lowest BCUT2D eigenvalue weighted by Gasteiger charge is -2.19. The Hall–Kier alpha value is -2.77. The molecule has 2 atom stereocenters. The van der Waals surface area contributed by atoms with Crippen molar-refractivity contribution in [1.29, 1.82) is 0 Å². The van der Waals surface area contributed by atoms with Crippen molar-refractivity contribution in [2.24, 2.45) is 0 Å². The smallest absolute Gasteiger partial charge is 0.268 e. The second-order valence-electron chi connectivity index (χ2n) is 5.47. The summed E-state index contributed by atoms with van der Waals surface area (Å²) in [4.78, 5) is 27.9. The molecular formula is C18H23N3O4. The van der Waals surface area contributed by atoms with E-state index in [1.807, 2.05) is 19.1 Å². The number of amides is 2. The summed E-state index contributed by atoms with van der Waals surface area (Å²) in [5.41, 5.74) is 4.43. The number of hydrogen-bond donors (Lipinski definition) is 4. The quantitative estimate of drug-likeness (QED) is 0.487. The van der Waals surface area contributed by atoms with Crippen LogP contribution in [0.4, 0.5) is 0 Å². The molecule has 4 N–H and O–H groups in total. The van der Waals surface area contributed by atoms with Crippen molar-refractivity contribution < 1.29 is 19.9 Å². The SMILES string of the molecule is C.Cc1ccc(-c2ccc(C(=O)N[C@H](C(=O)NO)[C@@H](C)O)cc2)nc1. The molecule has 1 heterocycles. The number of carbonyl (C=O) groups excluding carboxylic acids is 2. The molecule has 2 amide bonds. The van der Waals surface area contributed by atoms with Crippen molar-refractivity contribution >= 4 is 11.8 Å². The van der Waals surface area contributed by atoms with Crippen LogP contribution in [0.1, 0.15) is 30.3 Å². The zero-order valence-electron chi connectivity index (χ0n) is 13.4. The van der Waals surface area contributed by atoms with Gasteiger partial charge in [-0.2, -0.15) is 0 Å². The van der Waals surface area contributed by atoms with Crippen molar-refractivity contribution in [1.82, 2.24) is 15.8 Å². The third kappa shape index (κ3) is 5.10. The number of nitrogens with one attached hydrogen (secondary N) is 2. The number of benzene rings is 1. The predicted molar refractivity (Wildman–Crippen MR) is 94.0 cm³/mol. The highest BCUT2D eigenvalue weighted by Gasteiger charge is 2.25. The van der Waals surface area contributed by atoms with Crippen LogP contribution < -0.4 is 10.8 Å². The van der Waals surface area contributed by atoms with E-state index in [1.165, 1.54) is 12.4 Å². The Morgan fingerprint density at radius 3 is 2.24 bits per heavy atom. The van der Waals surface area contributed by atoms with E-state index < -0.39 is 24.0 Å². The van der Waals surface area contributed by atoms with Gasteiger partial charge in [0.15, 0.2) is 0 Å². The Bertz CT molecular complexity index is 712. The molecule has 0 aliphatic carbocycles. The fourth-order valence-corrected chi connectivity index (χ4v) is 2.13. The number of aromatic nitrogens is 1. The monoisotopic (exact) mass is 345 g/mol. The van der Waals surface area contributed by atoms with E-state index >= 15 is 0 Å². The Labute approximate surface area is 146 Å². The summed E-state index contributed by atoms with van der Waals surface area (Å²) >= 11 is 0. The van der Waals surface area contributed by atoms with Crippen molar-refractivity contribution in [2.45, 2.75) is 33.4 Å². The van der Waals surface area contributed by atoms with Gasteiger partial charge in [0.1, 0.15) is 6.04 Å². The summed E-state index contributed by atoms with van der Waals surface area (Å²) < 4.78 is 0. The first-order valence-corrected chi connectivity index (χ1v) is 7.38. The van der Waals surface area contributed by atoms with Gasteiger partial charge in [0.25, 0.3) is 11.8 Å². The predicted octanol–water partition coefficient (Wildman–Crippen LogP) is 1.68. The van der Waals surface area contributed by atoms with Crippen LogP contribution in [0.15, 0.2) is 42.6 Å². The summed E-state index contributed by atoms with van der Waals surface area (Å²) in [5.74, 6) is -1.42. The topological polar surface area (TPSA) is 112 Å². The first-order chi connectivity index (χ1) is 11.4. The molecule has 0 bridgehead atoms. The Morgan fingerprint density at radius 1 is 1.12 bits per heavy atom. The summed E-state index contributed by atoms with van der Waals surface area (Å²) in [6, 6.07) is 9.28. The highest BCUT2D eigenvalue weighted by molar-refractivity contribution is 5.97. The second kappa shape index (κ2) is 8.91. The van der Waals surface area contributed by atoms with Gasteiger partial charge in [0.05, 0.1) is 11.8 Å². The first-order valence-electron chi connectivity index (χ1n) is 7.38. The zero-order valence-corrected chi connectivity index (χ0v) is 13.4. The van der Waals surface area contributed by atoms with Crippen LogP contribution >= 0.6 is 0 Å². The van der Waals surface area contributed by atoms with Crippen LogP contribution in [0.5, 0.6) is 0 Å². The number of hydrogen-bond acceptors (Lipinski definition) is 5. The van der Waals surface area contributed by atoms with E-state index in [2.05, 4.69) is 10.3 Å². The lowest BCUT2D eigenvalue weighted by atomic mass is 10.1. The molecule has 0 aliphatic rings. The minimum atomic E-state index is -1.25. The molecule has 0 unspecified atom stereocenters. The van der Waals surface area contributed by atoms with Crippen molar-refractivity contribution in [3.8, 4) is 11.3 Å². The molecule has 7 nitrogen and oxygen atoms in total. The number of aliphatic hydroxyl groups is 1. The Balaban J connectivity index is 0.00000312. The molecule has 1 aromatic heterocycles. The van der Waals surface area contributed by atoms with E-state index in [0.717, 1.165) is 16.8 Å². The highest BCUT2D eigenvalue weighted by atomic mass is 16.5. The van der Waals surface area contributed by atoms with Gasteiger partial charge in [-0.3, -0.25) is 19.8 Å². The fraction of sp³-hybridized carbons (Fsp3) is 0.278. The van der Waals surface area contributed by atoms with Crippen LogP contribution in [0.25, 0.3) is 11.3 Å². The minimum absolute atomic E-state index is 0. The number of aryl methyl sites for hydroxylation is 1. The normalized spacial score (nSPS) is 12.5. The maximum Gasteiger partial charge on any atom is 0.268 e. The molecular weight excluding hydrogens is 322 g/mol. The molecule has 134 valence electrons. The Kier molecular flexibility index (Phi) is 7.22. The largest absolute Gasteiger partial charge is 0.391 e. The van der Waals surface area contributed by atoms with Crippen molar-refractivity contribution in [3.05, 3.63) is 53.7 Å². The average Bonchev–Trinajstić information content (AvgIpc) is 2.59. The van der Waals surface area contributed by atoms with Crippen LogP contribution in [0, 0.1) is 6.92 Å². The number of pyridine rings is 1. The summed E-state index contributed by atoms with van der Waals surface area (Å²) in [5, 5.41) is 20.6. The molecule has 1 aromatic carbocycles. The first kappa shape index (κ1) is 20.3. The van der Waals surface area contributed by atoms with Gasteiger partial charge in [0, 0.05) is 17.3 Å². The average molecular weight is 345 g/mol. The highest BCUT2D eigenvalue weighted by Crippen LogP contribution is 2.17. The number of hydroxylamine groups is 1. The number of nitrogens with zero attached hydrogens (tertiary/aromatic N) is 1. The molecule has 0 aliphatic heterocycles. The van der Waals surface area contributed by atoms with E-state index in [1.54, 1.807) is 30.5 Å². The summed E-state index contributed by atoms with van der Waals surface area (Å²) in [7, 11) is 0. The third-order valence-corrected chi connectivity index (χ3v) is 3.52. The number of carbonyl (C=O) groups is 2. The molecule has 2 aromatic rings. The number of aliphatic hydroxyl groups excluding tert-OH is 1. The standard InChI is InChI=1S/C17H19N3O4.CH4/c1-10-3-8-14(18-9-10)12-4-6-13(7-5-12)16(22)19-15(11(2)21)17(23)20-24;/h3-9,11,15,21,24H,1-2H3,(H,19,22)(H,20,23);1H4/t11-,15+;/m1./s1. The van der Waals surface area contributed by atoms with Crippen LogP contribution in [0.2, 0.25) is 0 Å². The van der Waals surface area contributed by atoms with Gasteiger partial charge in [-0.1, -0.05) is 25.6 Å². The molecule has 0 saturated carbocycles. The lowest BCUT2D eigenvalue weighted by molar-refractivity contribution is -0.133. The number of rotatable bonds is 5. The van der Waals surface area contributed by atoms with Crippen molar-refractivity contribution in [2.75, 3.05) is 0 Å². The van der Waals surface area contributed by atoms with E-state index in [0.29, 0.717) is 5.56 Å². The molecule has 0 radical (unpaired) electrons. The third-order valence-electron chi connectivity index (χ3n) is 3.52. The molecule has 2 rings (SSSR count). The van der Waals surface area contributed by atoms with Gasteiger partial charge in [-0.25, -0.2) is 5.48 Å². The minimum Gasteiger partial charge on any atom is -0.391 e. The summed E-state index contributed by atoms with van der Waals surface area (Å²) in [6.45, 7) is 3.29. The van der Waals surface area contributed by atoms with Gasteiger partial charge in [-0.15, -0.1) is 0 Å². The second-order valence-corrected chi connectivity index (χ2v) is 5.47. The fourth-order valence-electron chi connectivity index (χ4n) is 2.13.